The lowest BCUT2D eigenvalue weighted by Gasteiger charge is -2.19. The van der Waals surface area contributed by atoms with E-state index in [1.165, 1.54) is 5.56 Å². The van der Waals surface area contributed by atoms with E-state index in [9.17, 15) is 4.79 Å². The number of carbonyl (C=O) groups is 1. The molecule has 3 heteroatoms. The van der Waals surface area contributed by atoms with Crippen molar-refractivity contribution in [1.29, 1.82) is 0 Å². The smallest absolute Gasteiger partial charge is 0.321 e. The van der Waals surface area contributed by atoms with Crippen molar-refractivity contribution < 1.29 is 4.79 Å². The normalized spacial score (nSPS) is 10.1. The van der Waals surface area contributed by atoms with E-state index in [4.69, 9.17) is 0 Å². The maximum Gasteiger partial charge on any atom is 0.321 e. The lowest BCUT2D eigenvalue weighted by Crippen LogP contribution is -2.34. The number of amides is 2. The molecule has 0 saturated carbocycles. The van der Waals surface area contributed by atoms with Crippen molar-refractivity contribution in [1.82, 2.24) is 4.90 Å². The van der Waals surface area contributed by atoms with Gasteiger partial charge < -0.3 is 10.2 Å². The first kappa shape index (κ1) is 13.6. The highest BCUT2D eigenvalue weighted by Gasteiger charge is 2.08. The van der Waals surface area contributed by atoms with Crippen molar-refractivity contribution in [2.45, 2.75) is 33.6 Å². The fraction of sp³-hybridized carbons (Fsp3) is 0.500. The first-order chi connectivity index (χ1) is 8.21. The van der Waals surface area contributed by atoms with Gasteiger partial charge in [0.25, 0.3) is 0 Å². The fourth-order valence-corrected chi connectivity index (χ4v) is 1.76. The molecule has 0 unspecified atom stereocenters. The maximum absolute atomic E-state index is 11.8. The zero-order valence-electron chi connectivity index (χ0n) is 11.0. The molecular formula is C14H22N2O. The summed E-state index contributed by atoms with van der Waals surface area (Å²) >= 11 is 0. The third kappa shape index (κ3) is 4.10. The average Bonchev–Trinajstić information content (AvgIpc) is 2.33. The minimum absolute atomic E-state index is 0.0294. The van der Waals surface area contributed by atoms with Gasteiger partial charge in [-0.25, -0.2) is 4.79 Å². The standard InChI is InChI=1S/C14H22N2O/c1-4-7-12-8-10-13(11-9-12)15-14(17)16(5-2)6-3/h8-11H,4-7H2,1-3H3,(H,15,17). The van der Waals surface area contributed by atoms with E-state index < -0.39 is 0 Å². The summed E-state index contributed by atoms with van der Waals surface area (Å²) < 4.78 is 0. The van der Waals surface area contributed by atoms with Crippen LogP contribution in [0.3, 0.4) is 0 Å². The summed E-state index contributed by atoms with van der Waals surface area (Å²) in [7, 11) is 0. The first-order valence-corrected chi connectivity index (χ1v) is 6.36. The molecule has 1 aromatic rings. The molecule has 94 valence electrons. The number of hydrogen-bond acceptors (Lipinski definition) is 1. The van der Waals surface area contributed by atoms with Crippen molar-refractivity contribution in [2.75, 3.05) is 18.4 Å². The van der Waals surface area contributed by atoms with Crippen LogP contribution in [-0.4, -0.2) is 24.0 Å². The van der Waals surface area contributed by atoms with E-state index in [0.717, 1.165) is 31.6 Å². The first-order valence-electron chi connectivity index (χ1n) is 6.36. The molecule has 2 amide bonds. The van der Waals surface area contributed by atoms with Gasteiger partial charge >= 0.3 is 6.03 Å². The Labute approximate surface area is 104 Å². The minimum Gasteiger partial charge on any atom is -0.325 e. The quantitative estimate of drug-likeness (QED) is 0.830. The number of carbonyl (C=O) groups excluding carboxylic acids is 1. The molecule has 0 heterocycles. The lowest BCUT2D eigenvalue weighted by atomic mass is 10.1. The van der Waals surface area contributed by atoms with Crippen molar-refractivity contribution in [2.24, 2.45) is 0 Å². The summed E-state index contributed by atoms with van der Waals surface area (Å²) in [5.41, 5.74) is 2.18. The molecule has 0 bridgehead atoms. The minimum atomic E-state index is -0.0294. The van der Waals surface area contributed by atoms with E-state index >= 15 is 0 Å². The molecule has 1 N–H and O–H groups in total. The Morgan fingerprint density at radius 3 is 2.18 bits per heavy atom. The largest absolute Gasteiger partial charge is 0.325 e. The Bertz CT molecular complexity index is 342. The van der Waals surface area contributed by atoms with Gasteiger partial charge in [0, 0.05) is 18.8 Å². The maximum atomic E-state index is 11.8. The zero-order valence-corrected chi connectivity index (χ0v) is 11.0. The number of hydrogen-bond donors (Lipinski definition) is 1. The van der Waals surface area contributed by atoms with Crippen LogP contribution in [0.5, 0.6) is 0 Å². The molecule has 1 rings (SSSR count). The number of anilines is 1. The molecule has 0 aliphatic carbocycles. The molecule has 0 saturated heterocycles. The molecule has 0 aliphatic heterocycles. The monoisotopic (exact) mass is 234 g/mol. The van der Waals surface area contributed by atoms with Crippen LogP contribution in [0, 0.1) is 0 Å². The van der Waals surface area contributed by atoms with E-state index in [1.54, 1.807) is 4.90 Å². The average molecular weight is 234 g/mol. The summed E-state index contributed by atoms with van der Waals surface area (Å²) in [4.78, 5) is 13.6. The third-order valence-electron chi connectivity index (χ3n) is 2.79. The molecule has 0 aromatic heterocycles. The molecular weight excluding hydrogens is 212 g/mol. The third-order valence-corrected chi connectivity index (χ3v) is 2.79. The van der Waals surface area contributed by atoms with Gasteiger partial charge in [0.15, 0.2) is 0 Å². The van der Waals surface area contributed by atoms with Crippen LogP contribution in [-0.2, 0) is 6.42 Å². The molecule has 0 spiro atoms. The number of benzene rings is 1. The SMILES string of the molecule is CCCc1ccc(NC(=O)N(CC)CC)cc1. The van der Waals surface area contributed by atoms with Gasteiger partial charge in [-0.3, -0.25) is 0 Å². The van der Waals surface area contributed by atoms with Crippen LogP contribution in [0.2, 0.25) is 0 Å². The van der Waals surface area contributed by atoms with Gasteiger partial charge in [-0.15, -0.1) is 0 Å². The predicted octanol–water partition coefficient (Wildman–Crippen LogP) is 3.51. The van der Waals surface area contributed by atoms with Crippen LogP contribution in [0.4, 0.5) is 10.5 Å². The summed E-state index contributed by atoms with van der Waals surface area (Å²) in [6.45, 7) is 7.59. The number of rotatable bonds is 5. The Balaban J connectivity index is 2.59. The number of nitrogens with zero attached hydrogens (tertiary/aromatic N) is 1. The van der Waals surface area contributed by atoms with Gasteiger partial charge in [-0.05, 0) is 38.0 Å². The highest BCUT2D eigenvalue weighted by Crippen LogP contribution is 2.11. The molecule has 0 aliphatic rings. The van der Waals surface area contributed by atoms with Crippen molar-refractivity contribution in [3.63, 3.8) is 0 Å². The highest BCUT2D eigenvalue weighted by atomic mass is 16.2. The van der Waals surface area contributed by atoms with E-state index in [1.807, 2.05) is 26.0 Å². The molecule has 1 aromatic carbocycles. The molecule has 3 nitrogen and oxygen atoms in total. The van der Waals surface area contributed by atoms with Gasteiger partial charge in [0.05, 0.1) is 0 Å². The number of nitrogens with one attached hydrogen (secondary N) is 1. The number of urea groups is 1. The predicted molar refractivity (Wildman–Crippen MR) is 72.4 cm³/mol. The van der Waals surface area contributed by atoms with Gasteiger partial charge in [-0.2, -0.15) is 0 Å². The van der Waals surface area contributed by atoms with Crippen molar-refractivity contribution in [3.8, 4) is 0 Å². The van der Waals surface area contributed by atoms with E-state index in [2.05, 4.69) is 24.4 Å². The highest BCUT2D eigenvalue weighted by molar-refractivity contribution is 5.89. The van der Waals surface area contributed by atoms with E-state index in [0.29, 0.717) is 0 Å². The topological polar surface area (TPSA) is 32.3 Å². The summed E-state index contributed by atoms with van der Waals surface area (Å²) in [5.74, 6) is 0. The Kier molecular flexibility index (Phi) is 5.53. The molecule has 0 fully saturated rings. The van der Waals surface area contributed by atoms with Crippen LogP contribution < -0.4 is 5.32 Å². The zero-order chi connectivity index (χ0) is 12.7. The Morgan fingerprint density at radius 1 is 1.12 bits per heavy atom. The Morgan fingerprint density at radius 2 is 1.71 bits per heavy atom. The Hall–Kier alpha value is -1.51. The second-order valence-corrected chi connectivity index (χ2v) is 4.05. The van der Waals surface area contributed by atoms with E-state index in [-0.39, 0.29) is 6.03 Å². The fourth-order valence-electron chi connectivity index (χ4n) is 1.76. The lowest BCUT2D eigenvalue weighted by molar-refractivity contribution is 0.217. The van der Waals surface area contributed by atoms with Crippen LogP contribution in [0.1, 0.15) is 32.8 Å². The van der Waals surface area contributed by atoms with Crippen molar-refractivity contribution >= 4 is 11.7 Å². The molecule has 0 atom stereocenters. The van der Waals surface area contributed by atoms with Gasteiger partial charge in [0.2, 0.25) is 0 Å². The molecule has 0 radical (unpaired) electrons. The summed E-state index contributed by atoms with van der Waals surface area (Å²) in [5, 5.41) is 2.90. The van der Waals surface area contributed by atoms with Crippen LogP contribution >= 0.6 is 0 Å². The number of aryl methyl sites for hydroxylation is 1. The second-order valence-electron chi connectivity index (χ2n) is 4.05. The van der Waals surface area contributed by atoms with Gasteiger partial charge in [0.1, 0.15) is 0 Å². The van der Waals surface area contributed by atoms with Gasteiger partial charge in [-0.1, -0.05) is 25.5 Å². The summed E-state index contributed by atoms with van der Waals surface area (Å²) in [6.07, 6.45) is 2.23. The van der Waals surface area contributed by atoms with Crippen LogP contribution in [0.25, 0.3) is 0 Å². The second kappa shape index (κ2) is 6.94. The summed E-state index contributed by atoms with van der Waals surface area (Å²) in [6, 6.07) is 8.04. The van der Waals surface area contributed by atoms with Crippen molar-refractivity contribution in [3.05, 3.63) is 29.8 Å². The van der Waals surface area contributed by atoms with Crippen LogP contribution in [0.15, 0.2) is 24.3 Å². The molecule has 17 heavy (non-hydrogen) atoms.